The van der Waals surface area contributed by atoms with E-state index in [1.165, 1.54) is 0 Å². The van der Waals surface area contributed by atoms with Crippen LogP contribution in [0, 0.1) is 0 Å². The summed E-state index contributed by atoms with van der Waals surface area (Å²) >= 11 is 0. The van der Waals surface area contributed by atoms with Gasteiger partial charge in [0, 0.05) is 12.6 Å². The molecule has 0 radical (unpaired) electrons. The van der Waals surface area contributed by atoms with E-state index < -0.39 is 10.0 Å². The lowest BCUT2D eigenvalue weighted by Crippen LogP contribution is -2.35. The minimum atomic E-state index is -3.06. The molecule has 0 bridgehead atoms. The maximum atomic E-state index is 11.0. The lowest BCUT2D eigenvalue weighted by molar-refractivity contribution is 0.567. The molecule has 0 aromatic carbocycles. The van der Waals surface area contributed by atoms with Gasteiger partial charge in [-0.1, -0.05) is 0 Å². The Morgan fingerprint density at radius 1 is 1.36 bits per heavy atom. The van der Waals surface area contributed by atoms with Crippen molar-refractivity contribution < 1.29 is 8.42 Å². The molecule has 0 amide bonds. The monoisotopic (exact) mass is 180 g/mol. The molecule has 5 heteroatoms. The Hall–Kier alpha value is -0.130. The van der Waals surface area contributed by atoms with Crippen molar-refractivity contribution in [1.29, 1.82) is 0 Å². The van der Waals surface area contributed by atoms with Crippen LogP contribution in [0.15, 0.2) is 0 Å². The Bertz CT molecular complexity index is 187. The molecule has 4 nitrogen and oxygen atoms in total. The van der Waals surface area contributed by atoms with E-state index in [1.54, 1.807) is 20.9 Å². The summed E-state index contributed by atoms with van der Waals surface area (Å²) in [6.45, 7) is 4.09. The smallest absolute Gasteiger partial charge is 0.213 e. The van der Waals surface area contributed by atoms with E-state index in [2.05, 4.69) is 10.0 Å². The molecule has 0 heterocycles. The Kier molecular flexibility index (Phi) is 4.63. The van der Waals surface area contributed by atoms with Crippen molar-refractivity contribution in [3.63, 3.8) is 0 Å². The second-order valence-electron chi connectivity index (χ2n) is 2.69. The fraction of sp³-hybridized carbons (Fsp3) is 1.00. The minimum Gasteiger partial charge on any atom is -0.319 e. The van der Waals surface area contributed by atoms with Crippen LogP contribution >= 0.6 is 0 Å². The summed E-state index contributed by atoms with van der Waals surface area (Å²) in [5.74, 6) is 0.141. The zero-order valence-electron chi connectivity index (χ0n) is 7.22. The van der Waals surface area contributed by atoms with Crippen LogP contribution < -0.4 is 10.0 Å². The highest BCUT2D eigenvalue weighted by molar-refractivity contribution is 7.89. The molecule has 0 atom stereocenters. The molecule has 0 aliphatic carbocycles. The van der Waals surface area contributed by atoms with E-state index in [0.717, 1.165) is 0 Å². The first-order valence-electron chi connectivity index (χ1n) is 3.62. The van der Waals surface area contributed by atoms with Gasteiger partial charge in [0.1, 0.15) is 0 Å². The summed E-state index contributed by atoms with van der Waals surface area (Å²) in [6, 6.07) is -0.0168. The molecular formula is C6H16N2O2S. The van der Waals surface area contributed by atoms with Crippen LogP contribution in [0.1, 0.15) is 13.8 Å². The number of hydrogen-bond acceptors (Lipinski definition) is 3. The van der Waals surface area contributed by atoms with Crippen molar-refractivity contribution >= 4 is 10.0 Å². The zero-order chi connectivity index (χ0) is 8.91. The standard InChI is InChI=1S/C6H16N2O2S/c1-6(2)8-11(9,10)5-4-7-3/h6-8H,4-5H2,1-3H3. The van der Waals surface area contributed by atoms with E-state index in [0.29, 0.717) is 6.54 Å². The Morgan fingerprint density at radius 2 is 1.91 bits per heavy atom. The third kappa shape index (κ3) is 6.28. The van der Waals surface area contributed by atoms with E-state index in [9.17, 15) is 8.42 Å². The van der Waals surface area contributed by atoms with Gasteiger partial charge in [0.15, 0.2) is 0 Å². The number of sulfonamides is 1. The molecule has 0 aliphatic heterocycles. The van der Waals surface area contributed by atoms with E-state index in [4.69, 9.17) is 0 Å². The predicted octanol–water partition coefficient (Wildman–Crippen LogP) is -0.466. The molecule has 2 N–H and O–H groups in total. The summed E-state index contributed by atoms with van der Waals surface area (Å²) in [6.07, 6.45) is 0. The lowest BCUT2D eigenvalue weighted by Gasteiger charge is -2.08. The first kappa shape index (κ1) is 10.9. The second-order valence-corrected chi connectivity index (χ2v) is 4.57. The van der Waals surface area contributed by atoms with Gasteiger partial charge in [0.25, 0.3) is 0 Å². The van der Waals surface area contributed by atoms with Crippen LogP contribution in [0.4, 0.5) is 0 Å². The normalized spacial score (nSPS) is 12.4. The Labute approximate surface area is 68.4 Å². The van der Waals surface area contributed by atoms with Gasteiger partial charge in [-0.15, -0.1) is 0 Å². The fourth-order valence-electron chi connectivity index (χ4n) is 0.654. The molecule has 0 aromatic rings. The van der Waals surface area contributed by atoms with Crippen LogP contribution in [0.5, 0.6) is 0 Å². The molecule has 0 rings (SSSR count). The predicted molar refractivity (Wildman–Crippen MR) is 46.0 cm³/mol. The van der Waals surface area contributed by atoms with Gasteiger partial charge in [-0.2, -0.15) is 0 Å². The summed E-state index contributed by atoms with van der Waals surface area (Å²) in [4.78, 5) is 0. The second kappa shape index (κ2) is 4.69. The van der Waals surface area contributed by atoms with Crippen molar-refractivity contribution in [2.45, 2.75) is 19.9 Å². The van der Waals surface area contributed by atoms with Crippen molar-refractivity contribution in [2.24, 2.45) is 0 Å². The number of nitrogens with one attached hydrogen (secondary N) is 2. The van der Waals surface area contributed by atoms with Crippen LogP contribution in [-0.4, -0.2) is 33.8 Å². The highest BCUT2D eigenvalue weighted by atomic mass is 32.2. The molecule has 0 aliphatic rings. The fourth-order valence-corrected chi connectivity index (χ4v) is 1.96. The molecule has 0 spiro atoms. The van der Waals surface area contributed by atoms with Gasteiger partial charge in [0.2, 0.25) is 10.0 Å². The maximum Gasteiger partial charge on any atom is 0.213 e. The summed E-state index contributed by atoms with van der Waals surface area (Å²) in [5.41, 5.74) is 0. The molecule has 11 heavy (non-hydrogen) atoms. The van der Waals surface area contributed by atoms with Crippen molar-refractivity contribution in [2.75, 3.05) is 19.3 Å². The van der Waals surface area contributed by atoms with E-state index in [1.807, 2.05) is 0 Å². The SMILES string of the molecule is CNCCS(=O)(=O)NC(C)C. The van der Waals surface area contributed by atoms with Crippen molar-refractivity contribution in [3.05, 3.63) is 0 Å². The highest BCUT2D eigenvalue weighted by Crippen LogP contribution is 1.86. The van der Waals surface area contributed by atoms with Gasteiger partial charge in [0.05, 0.1) is 5.75 Å². The Balaban J connectivity index is 3.82. The largest absolute Gasteiger partial charge is 0.319 e. The third-order valence-corrected chi connectivity index (χ3v) is 2.61. The number of hydrogen-bond donors (Lipinski definition) is 2. The number of rotatable bonds is 5. The molecule has 0 saturated heterocycles. The van der Waals surface area contributed by atoms with Gasteiger partial charge in [-0.05, 0) is 20.9 Å². The van der Waals surface area contributed by atoms with Crippen LogP contribution in [-0.2, 0) is 10.0 Å². The summed E-state index contributed by atoms with van der Waals surface area (Å²) < 4.78 is 24.6. The van der Waals surface area contributed by atoms with Crippen molar-refractivity contribution in [3.8, 4) is 0 Å². The molecule has 0 saturated carbocycles. The van der Waals surface area contributed by atoms with E-state index in [-0.39, 0.29) is 11.8 Å². The van der Waals surface area contributed by atoms with Crippen LogP contribution in [0.25, 0.3) is 0 Å². The topological polar surface area (TPSA) is 58.2 Å². The van der Waals surface area contributed by atoms with Gasteiger partial charge >= 0.3 is 0 Å². The first-order valence-corrected chi connectivity index (χ1v) is 5.28. The molecule has 0 aromatic heterocycles. The molecule has 0 fully saturated rings. The van der Waals surface area contributed by atoms with Gasteiger partial charge in [-0.25, -0.2) is 13.1 Å². The third-order valence-electron chi connectivity index (χ3n) is 1.04. The quantitative estimate of drug-likeness (QED) is 0.601. The minimum absolute atomic E-state index is 0.0168. The lowest BCUT2D eigenvalue weighted by atomic mass is 10.4. The zero-order valence-corrected chi connectivity index (χ0v) is 8.03. The molecule has 68 valence electrons. The van der Waals surface area contributed by atoms with Gasteiger partial charge < -0.3 is 5.32 Å². The maximum absolute atomic E-state index is 11.0. The molecular weight excluding hydrogens is 164 g/mol. The average molecular weight is 180 g/mol. The highest BCUT2D eigenvalue weighted by Gasteiger charge is 2.09. The molecule has 0 unspecified atom stereocenters. The van der Waals surface area contributed by atoms with Crippen LogP contribution in [0.3, 0.4) is 0 Å². The van der Waals surface area contributed by atoms with Crippen molar-refractivity contribution in [1.82, 2.24) is 10.0 Å². The first-order chi connectivity index (χ1) is 4.98. The average Bonchev–Trinajstić information content (AvgIpc) is 1.81. The summed E-state index contributed by atoms with van der Waals surface area (Å²) in [7, 11) is -1.33. The Morgan fingerprint density at radius 3 is 2.27 bits per heavy atom. The van der Waals surface area contributed by atoms with Crippen LogP contribution in [0.2, 0.25) is 0 Å². The summed E-state index contributed by atoms with van der Waals surface area (Å²) in [5, 5.41) is 2.78. The van der Waals surface area contributed by atoms with E-state index >= 15 is 0 Å². The van der Waals surface area contributed by atoms with Gasteiger partial charge in [-0.3, -0.25) is 0 Å².